The fourth-order valence-electron chi connectivity index (χ4n) is 3.12. The largest absolute Gasteiger partial charge is 0.465 e. The van der Waals surface area contributed by atoms with E-state index >= 15 is 0 Å². The molecule has 0 radical (unpaired) electrons. The quantitative estimate of drug-likeness (QED) is 0.441. The molecule has 1 aliphatic heterocycles. The first-order valence-electron chi connectivity index (χ1n) is 8.43. The molecule has 4 nitrogen and oxygen atoms in total. The second kappa shape index (κ2) is 7.61. The third kappa shape index (κ3) is 3.56. The van der Waals surface area contributed by atoms with Gasteiger partial charge in [0, 0.05) is 11.8 Å². The standard InChI is InChI=1S/C21H17F2NO3/c1-2-27-20(26)18(19(25)14-4-8-16(22)9-5-14)21(12-3-13-24-21)15-6-10-17(23)11-7-15/h3-13,18H,2H2,1H3. The lowest BCUT2D eigenvalue weighted by Crippen LogP contribution is -2.42. The normalized spacial score (nSPS) is 19.1. The van der Waals surface area contributed by atoms with Crippen molar-refractivity contribution in [2.75, 3.05) is 6.61 Å². The van der Waals surface area contributed by atoms with Crippen LogP contribution in [0.2, 0.25) is 0 Å². The van der Waals surface area contributed by atoms with E-state index in [2.05, 4.69) is 4.99 Å². The third-order valence-corrected chi connectivity index (χ3v) is 4.38. The van der Waals surface area contributed by atoms with Crippen molar-refractivity contribution in [3.63, 3.8) is 0 Å². The van der Waals surface area contributed by atoms with Crippen LogP contribution in [0.15, 0.2) is 65.7 Å². The van der Waals surface area contributed by atoms with Gasteiger partial charge in [-0.1, -0.05) is 12.1 Å². The Morgan fingerprint density at radius 1 is 1.04 bits per heavy atom. The molecule has 0 spiro atoms. The van der Waals surface area contributed by atoms with Crippen LogP contribution in [-0.4, -0.2) is 24.6 Å². The first kappa shape index (κ1) is 18.6. The minimum Gasteiger partial charge on any atom is -0.465 e. The van der Waals surface area contributed by atoms with Crippen LogP contribution in [0.4, 0.5) is 8.78 Å². The minimum absolute atomic E-state index is 0.0823. The van der Waals surface area contributed by atoms with Crippen molar-refractivity contribution in [3.8, 4) is 0 Å². The molecule has 1 heterocycles. The molecule has 0 N–H and O–H groups in total. The number of carbonyl (C=O) groups is 2. The zero-order valence-corrected chi connectivity index (χ0v) is 14.6. The molecule has 0 saturated carbocycles. The lowest BCUT2D eigenvalue weighted by molar-refractivity contribution is -0.147. The van der Waals surface area contributed by atoms with Crippen molar-refractivity contribution in [3.05, 3.63) is 83.4 Å². The zero-order chi connectivity index (χ0) is 19.4. The van der Waals surface area contributed by atoms with Crippen molar-refractivity contribution < 1.29 is 23.1 Å². The lowest BCUT2D eigenvalue weighted by Gasteiger charge is -2.31. The number of halogens is 2. The number of rotatable bonds is 6. The Labute approximate surface area is 155 Å². The van der Waals surface area contributed by atoms with Gasteiger partial charge < -0.3 is 4.74 Å². The predicted octanol–water partition coefficient (Wildman–Crippen LogP) is 3.86. The molecule has 1 aliphatic rings. The average Bonchev–Trinajstić information content (AvgIpc) is 3.13. The first-order valence-corrected chi connectivity index (χ1v) is 8.43. The summed E-state index contributed by atoms with van der Waals surface area (Å²) in [5.41, 5.74) is -0.723. The maximum Gasteiger partial charge on any atom is 0.320 e. The number of ether oxygens (including phenoxy) is 1. The second-order valence-electron chi connectivity index (χ2n) is 6.03. The average molecular weight is 369 g/mol. The Kier molecular flexibility index (Phi) is 5.26. The SMILES string of the molecule is CCOC(=O)C(C(=O)c1ccc(F)cc1)C1(c2ccc(F)cc2)C=CC=N1. The molecule has 2 aromatic carbocycles. The van der Waals surface area contributed by atoms with E-state index in [0.29, 0.717) is 5.56 Å². The molecule has 0 saturated heterocycles. The number of Topliss-reactive ketones (excluding diaryl/α,β-unsaturated/α-hetero) is 1. The lowest BCUT2D eigenvalue weighted by atomic mass is 9.75. The number of hydrogen-bond acceptors (Lipinski definition) is 4. The fraction of sp³-hybridized carbons (Fsp3) is 0.190. The summed E-state index contributed by atoms with van der Waals surface area (Å²) in [6.45, 7) is 1.72. The summed E-state index contributed by atoms with van der Waals surface area (Å²) in [7, 11) is 0. The molecule has 0 amide bonds. The third-order valence-electron chi connectivity index (χ3n) is 4.38. The Balaban J connectivity index is 2.13. The van der Waals surface area contributed by atoms with E-state index in [1.807, 2.05) is 0 Å². The summed E-state index contributed by atoms with van der Waals surface area (Å²) in [6, 6.07) is 10.3. The monoisotopic (exact) mass is 369 g/mol. The zero-order valence-electron chi connectivity index (χ0n) is 14.6. The van der Waals surface area contributed by atoms with Crippen LogP contribution in [-0.2, 0) is 15.1 Å². The van der Waals surface area contributed by atoms with Crippen LogP contribution in [0.5, 0.6) is 0 Å². The van der Waals surface area contributed by atoms with Crippen molar-refractivity contribution in [1.82, 2.24) is 0 Å². The number of benzene rings is 2. The Hall–Kier alpha value is -3.15. The van der Waals surface area contributed by atoms with Gasteiger partial charge in [-0.2, -0.15) is 0 Å². The molecule has 0 fully saturated rings. The Morgan fingerprint density at radius 2 is 1.63 bits per heavy atom. The van der Waals surface area contributed by atoms with Crippen LogP contribution in [0.1, 0.15) is 22.8 Å². The van der Waals surface area contributed by atoms with Gasteiger partial charge in [0.05, 0.1) is 6.61 Å². The minimum atomic E-state index is -1.36. The molecular weight excluding hydrogens is 352 g/mol. The van der Waals surface area contributed by atoms with E-state index in [1.165, 1.54) is 42.6 Å². The number of esters is 1. The van der Waals surface area contributed by atoms with Crippen LogP contribution in [0.3, 0.4) is 0 Å². The van der Waals surface area contributed by atoms with Crippen molar-refractivity contribution in [1.29, 1.82) is 0 Å². The molecular formula is C21H17F2NO3. The summed E-state index contributed by atoms with van der Waals surface area (Å²) in [5.74, 6) is -3.58. The molecule has 138 valence electrons. The van der Waals surface area contributed by atoms with E-state index in [4.69, 9.17) is 4.74 Å². The molecule has 2 unspecified atom stereocenters. The number of aliphatic imine (C=N–C) groups is 1. The van der Waals surface area contributed by atoms with Crippen LogP contribution >= 0.6 is 0 Å². The number of nitrogens with zero attached hydrogens (tertiary/aromatic N) is 1. The van der Waals surface area contributed by atoms with E-state index in [9.17, 15) is 18.4 Å². The molecule has 3 rings (SSSR count). The smallest absolute Gasteiger partial charge is 0.320 e. The first-order chi connectivity index (χ1) is 13.0. The molecule has 27 heavy (non-hydrogen) atoms. The molecule has 2 atom stereocenters. The highest BCUT2D eigenvalue weighted by atomic mass is 19.1. The Morgan fingerprint density at radius 3 is 2.15 bits per heavy atom. The molecule has 2 aromatic rings. The summed E-state index contributed by atoms with van der Waals surface area (Å²) >= 11 is 0. The van der Waals surface area contributed by atoms with Crippen LogP contribution in [0, 0.1) is 17.6 Å². The molecule has 0 bridgehead atoms. The van der Waals surface area contributed by atoms with Gasteiger partial charge >= 0.3 is 5.97 Å². The number of ketones is 1. The maximum atomic E-state index is 13.4. The number of allylic oxidation sites excluding steroid dienone is 1. The summed E-state index contributed by atoms with van der Waals surface area (Å²) < 4.78 is 31.8. The Bertz CT molecular complexity index is 890. The molecule has 0 aromatic heterocycles. The van der Waals surface area contributed by atoms with Gasteiger partial charge in [-0.05, 0) is 61.0 Å². The van der Waals surface area contributed by atoms with Crippen LogP contribution < -0.4 is 0 Å². The van der Waals surface area contributed by atoms with Gasteiger partial charge in [0.15, 0.2) is 11.7 Å². The number of carbonyl (C=O) groups excluding carboxylic acids is 2. The van der Waals surface area contributed by atoms with Gasteiger partial charge in [-0.15, -0.1) is 0 Å². The predicted molar refractivity (Wildman–Crippen MR) is 96.6 cm³/mol. The van der Waals surface area contributed by atoms with Gasteiger partial charge in [-0.25, -0.2) is 8.78 Å². The summed E-state index contributed by atoms with van der Waals surface area (Å²) in [6.07, 6.45) is 4.71. The highest BCUT2D eigenvalue weighted by Gasteiger charge is 2.49. The molecule has 6 heteroatoms. The maximum absolute atomic E-state index is 13.4. The van der Waals surface area contributed by atoms with Gasteiger partial charge in [0.2, 0.25) is 0 Å². The van der Waals surface area contributed by atoms with Crippen molar-refractivity contribution >= 4 is 18.0 Å². The van der Waals surface area contributed by atoms with Crippen molar-refractivity contribution in [2.24, 2.45) is 10.9 Å². The summed E-state index contributed by atoms with van der Waals surface area (Å²) in [4.78, 5) is 30.3. The topological polar surface area (TPSA) is 55.7 Å². The van der Waals surface area contributed by atoms with E-state index in [0.717, 1.165) is 12.1 Å². The molecule has 0 aliphatic carbocycles. The fourth-order valence-corrected chi connectivity index (χ4v) is 3.12. The van der Waals surface area contributed by atoms with Gasteiger partial charge in [-0.3, -0.25) is 14.6 Å². The van der Waals surface area contributed by atoms with Crippen molar-refractivity contribution in [2.45, 2.75) is 12.5 Å². The summed E-state index contributed by atoms with van der Waals surface area (Å²) in [5, 5.41) is 0. The van der Waals surface area contributed by atoms with Gasteiger partial charge in [0.25, 0.3) is 0 Å². The van der Waals surface area contributed by atoms with Crippen LogP contribution in [0.25, 0.3) is 0 Å². The van der Waals surface area contributed by atoms with E-state index in [1.54, 1.807) is 19.1 Å². The second-order valence-corrected chi connectivity index (χ2v) is 6.03. The highest BCUT2D eigenvalue weighted by molar-refractivity contribution is 6.10. The highest BCUT2D eigenvalue weighted by Crippen LogP contribution is 2.40. The van der Waals surface area contributed by atoms with Gasteiger partial charge in [0.1, 0.15) is 17.2 Å². The van der Waals surface area contributed by atoms with E-state index in [-0.39, 0.29) is 12.2 Å². The number of hydrogen-bond donors (Lipinski definition) is 0. The van der Waals surface area contributed by atoms with E-state index < -0.39 is 34.8 Å².